The normalized spacial score (nSPS) is 9.32. The molecule has 0 saturated heterocycles. The molecule has 3 aromatic rings. The van der Waals surface area contributed by atoms with Gasteiger partial charge in [0.05, 0.1) is 0 Å². The minimum Gasteiger partial charge on any atom is -0.293 e. The molecule has 0 spiro atoms. The topological polar surface area (TPSA) is 256 Å². The molecule has 16 nitrogen and oxygen atoms in total. The molecule has 0 saturated carbocycles. The van der Waals surface area contributed by atoms with Crippen LogP contribution in [-0.2, 0) is 9.23 Å². The molecule has 0 N–H and O–H groups in total. The van der Waals surface area contributed by atoms with Gasteiger partial charge in [-0.3, -0.25) is 28.8 Å². The summed E-state index contributed by atoms with van der Waals surface area (Å²) in [4.78, 5) is 81.9. The Hall–Kier alpha value is -4.31. The average Bonchev–Trinajstić information content (AvgIpc) is 2.97. The van der Waals surface area contributed by atoms with Gasteiger partial charge in [-0.25, -0.2) is 19.2 Å². The van der Waals surface area contributed by atoms with Crippen molar-refractivity contribution < 1.29 is 33.0 Å². The molecule has 0 aliphatic rings. The summed E-state index contributed by atoms with van der Waals surface area (Å²) in [6.45, 7) is 5.41. The summed E-state index contributed by atoms with van der Waals surface area (Å²) in [7, 11) is 7.36. The van der Waals surface area contributed by atoms with E-state index in [1.165, 1.54) is 52.0 Å². The Kier molecular flexibility index (Phi) is 19.5. The maximum absolute atomic E-state index is 11.1. The van der Waals surface area contributed by atoms with Gasteiger partial charge in [0.1, 0.15) is 34.2 Å². The van der Waals surface area contributed by atoms with Gasteiger partial charge in [-0.2, -0.15) is 0 Å². The Bertz CT molecular complexity index is 1600. The van der Waals surface area contributed by atoms with E-state index in [9.17, 15) is 28.8 Å². The standard InChI is InChI=1S/C9H8ClNO2.C9H8N4O2.C7H2Cl2N4O2.Cl2OS/c1-5(12)8-3-7(10)4-9(11-8)6(2)13;1-5(14)8-3-7(12-13-10)4-9(11-8)6(2)15;8-6(14)4-1-3(12-13-10)2-5(11-4)7(9)15;1-4(2)3/h3-4H,1-2H3;3-4H,1-2H3;1-2H;. The summed E-state index contributed by atoms with van der Waals surface area (Å²) in [5, 5.41) is 5.15. The highest BCUT2D eigenvalue weighted by atomic mass is 36.0. The van der Waals surface area contributed by atoms with E-state index in [0.717, 1.165) is 12.1 Å². The Morgan fingerprint density at radius 3 is 1.06 bits per heavy atom. The predicted molar refractivity (Wildman–Crippen MR) is 176 cm³/mol. The lowest BCUT2D eigenvalue weighted by atomic mass is 10.2. The van der Waals surface area contributed by atoms with Crippen LogP contribution in [0, 0.1) is 0 Å². The van der Waals surface area contributed by atoms with Gasteiger partial charge in [0.15, 0.2) is 23.1 Å². The quantitative estimate of drug-likeness (QED) is 0.0695. The number of rotatable bonds is 8. The number of ketones is 4. The lowest BCUT2D eigenvalue weighted by Crippen LogP contribution is -2.03. The Balaban J connectivity index is 0.000000639. The highest BCUT2D eigenvalue weighted by Crippen LogP contribution is 2.18. The number of pyridine rings is 3. The van der Waals surface area contributed by atoms with Crippen LogP contribution in [0.5, 0.6) is 0 Å². The second-order valence-corrected chi connectivity index (χ2v) is 11.7. The van der Waals surface area contributed by atoms with E-state index in [0.29, 0.717) is 5.02 Å². The van der Waals surface area contributed by atoms with Crippen LogP contribution in [0.15, 0.2) is 46.6 Å². The van der Waals surface area contributed by atoms with Crippen molar-refractivity contribution in [3.05, 3.63) is 96.5 Å². The van der Waals surface area contributed by atoms with E-state index in [4.69, 9.17) is 50.1 Å². The lowest BCUT2D eigenvalue weighted by molar-refractivity contribution is 0.0989. The van der Waals surface area contributed by atoms with E-state index >= 15 is 0 Å². The van der Waals surface area contributed by atoms with Crippen molar-refractivity contribution in [1.29, 1.82) is 0 Å². The first-order valence-electron chi connectivity index (χ1n) is 11.8. The molecule has 0 aliphatic heterocycles. The van der Waals surface area contributed by atoms with Crippen LogP contribution < -0.4 is 0 Å². The number of carbonyl (C=O) groups excluding carboxylic acids is 6. The van der Waals surface area contributed by atoms with E-state index in [1.54, 1.807) is 0 Å². The van der Waals surface area contributed by atoms with Crippen LogP contribution in [0.4, 0.5) is 11.4 Å². The summed E-state index contributed by atoms with van der Waals surface area (Å²) in [5.74, 6) is -0.977. The highest BCUT2D eigenvalue weighted by molar-refractivity contribution is 8.26. The van der Waals surface area contributed by atoms with E-state index in [2.05, 4.69) is 56.4 Å². The monoisotopic (exact) mass is 763 g/mol. The van der Waals surface area contributed by atoms with Crippen molar-refractivity contribution >= 4 is 110 Å². The summed E-state index contributed by atoms with van der Waals surface area (Å²) in [6, 6.07) is 7.87. The van der Waals surface area contributed by atoms with Gasteiger partial charge in [0.25, 0.3) is 10.5 Å². The molecule has 246 valence electrons. The predicted octanol–water partition coefficient (Wildman–Crippen LogP) is 8.39. The smallest absolute Gasteiger partial charge is 0.270 e. The maximum Gasteiger partial charge on any atom is 0.270 e. The van der Waals surface area contributed by atoms with Gasteiger partial charge in [-0.1, -0.05) is 21.8 Å². The van der Waals surface area contributed by atoms with E-state index in [1.807, 2.05) is 0 Å². The minimum atomic E-state index is -1.67. The van der Waals surface area contributed by atoms with Crippen LogP contribution in [0.25, 0.3) is 20.9 Å². The lowest BCUT2D eigenvalue weighted by Gasteiger charge is -2.00. The second kappa shape index (κ2) is 21.5. The third-order valence-electron chi connectivity index (χ3n) is 4.58. The van der Waals surface area contributed by atoms with Crippen molar-refractivity contribution in [1.82, 2.24) is 15.0 Å². The molecular formula is C25H18Cl5N9O7S. The summed E-state index contributed by atoms with van der Waals surface area (Å²) < 4.78 is 9.09. The van der Waals surface area contributed by atoms with Crippen molar-refractivity contribution in [2.45, 2.75) is 27.7 Å². The number of aromatic nitrogens is 3. The molecule has 0 aromatic carbocycles. The number of carbonyl (C=O) groups is 6. The second-order valence-electron chi connectivity index (χ2n) is 8.08. The molecule has 0 amide bonds. The molecule has 0 unspecified atom stereocenters. The molecule has 3 heterocycles. The van der Waals surface area contributed by atoms with Crippen LogP contribution in [-0.4, -0.2) is 52.8 Å². The Labute approximate surface area is 291 Å². The number of Topliss-reactive ketones (excluding diaryl/α,β-unsaturated/α-hetero) is 4. The van der Waals surface area contributed by atoms with E-state index in [-0.39, 0.29) is 68.7 Å². The van der Waals surface area contributed by atoms with Crippen molar-refractivity contribution in [2.75, 3.05) is 0 Å². The molecular weight excluding hydrogens is 748 g/mol. The third kappa shape index (κ3) is 17.3. The number of hydrogen-bond donors (Lipinski definition) is 0. The third-order valence-corrected chi connectivity index (χ3v) is 5.18. The average molecular weight is 766 g/mol. The van der Waals surface area contributed by atoms with Crippen LogP contribution in [0.1, 0.15) is 90.6 Å². The molecule has 47 heavy (non-hydrogen) atoms. The largest absolute Gasteiger partial charge is 0.293 e. The van der Waals surface area contributed by atoms with E-state index < -0.39 is 19.7 Å². The van der Waals surface area contributed by atoms with Crippen LogP contribution >= 0.6 is 56.2 Å². The van der Waals surface area contributed by atoms with Gasteiger partial charge in [-0.15, -0.1) is 0 Å². The van der Waals surface area contributed by atoms with Crippen LogP contribution in [0.2, 0.25) is 5.02 Å². The maximum atomic E-state index is 11.1. The Morgan fingerprint density at radius 2 is 0.830 bits per heavy atom. The molecule has 0 aliphatic carbocycles. The van der Waals surface area contributed by atoms with Crippen molar-refractivity contribution in [3.63, 3.8) is 0 Å². The fourth-order valence-electron chi connectivity index (χ4n) is 2.67. The molecule has 3 aromatic heterocycles. The number of halogens is 5. The van der Waals surface area contributed by atoms with Gasteiger partial charge in [0, 0.05) is 75.3 Å². The first kappa shape index (κ1) is 42.7. The molecule has 3 rings (SSSR count). The molecule has 0 fully saturated rings. The van der Waals surface area contributed by atoms with Gasteiger partial charge in [0.2, 0.25) is 9.23 Å². The summed E-state index contributed by atoms with van der Waals surface area (Å²) >= 11 is 16.0. The summed E-state index contributed by atoms with van der Waals surface area (Å²) in [5.41, 5.74) is 16.9. The molecule has 0 atom stereocenters. The first-order valence-corrected chi connectivity index (χ1v) is 15.8. The minimum absolute atomic E-state index is 0.0421. The zero-order valence-corrected chi connectivity index (χ0v) is 28.7. The Morgan fingerprint density at radius 1 is 0.596 bits per heavy atom. The zero-order valence-electron chi connectivity index (χ0n) is 24.1. The SMILES string of the molecule is CC(=O)c1cc(Cl)cc(C(C)=O)n1.CC(=O)c1cc(N=[N+]=[N-])cc(C(C)=O)n1.O=S(Cl)Cl.[N-]=[N+]=Nc1cc(C(=O)Cl)nc(C(=O)Cl)c1. The molecule has 0 bridgehead atoms. The highest BCUT2D eigenvalue weighted by Gasteiger charge is 2.12. The van der Waals surface area contributed by atoms with Crippen molar-refractivity contribution in [2.24, 2.45) is 10.2 Å². The first-order chi connectivity index (χ1) is 21.8. The fraction of sp³-hybridized carbons (Fsp3) is 0.160. The zero-order chi connectivity index (χ0) is 36.4. The fourth-order valence-corrected chi connectivity index (χ4v) is 3.07. The van der Waals surface area contributed by atoms with Gasteiger partial charge >= 0.3 is 0 Å². The van der Waals surface area contributed by atoms with Gasteiger partial charge < -0.3 is 0 Å². The number of hydrogen-bond acceptors (Lipinski definition) is 12. The van der Waals surface area contributed by atoms with Crippen molar-refractivity contribution in [3.8, 4) is 0 Å². The summed E-state index contributed by atoms with van der Waals surface area (Å²) in [6.07, 6.45) is 0. The van der Waals surface area contributed by atoms with Crippen LogP contribution in [0.3, 0.4) is 0 Å². The van der Waals surface area contributed by atoms with Gasteiger partial charge in [-0.05, 0) is 70.7 Å². The molecule has 0 radical (unpaired) electrons. The number of nitrogens with zero attached hydrogens (tertiary/aromatic N) is 9. The number of azide groups is 2. The molecule has 22 heteroatoms.